The molecule has 6 heteroatoms. The molecular formula is C21H16BrFN4. The molecule has 0 aliphatic carbocycles. The lowest BCUT2D eigenvalue weighted by atomic mass is 10.2. The monoisotopic (exact) mass is 422 g/mol. The van der Waals surface area contributed by atoms with Crippen molar-refractivity contribution in [3.05, 3.63) is 88.6 Å². The fourth-order valence-electron chi connectivity index (χ4n) is 2.72. The van der Waals surface area contributed by atoms with Crippen LogP contribution in [-0.2, 0) is 6.54 Å². The molecule has 0 radical (unpaired) electrons. The number of nitrogens with one attached hydrogen (secondary N) is 2. The number of halogens is 2. The summed E-state index contributed by atoms with van der Waals surface area (Å²) < 4.78 is 14.1. The van der Waals surface area contributed by atoms with E-state index < -0.39 is 0 Å². The van der Waals surface area contributed by atoms with Crippen LogP contribution >= 0.6 is 15.9 Å². The number of aromatic nitrogens is 2. The number of nitrogens with zero attached hydrogens (tertiary/aromatic N) is 2. The summed E-state index contributed by atoms with van der Waals surface area (Å²) in [6.07, 6.45) is 0. The molecule has 134 valence electrons. The van der Waals surface area contributed by atoms with Gasteiger partial charge in [-0.2, -0.15) is 4.98 Å². The number of anilines is 3. The average molecular weight is 423 g/mol. The van der Waals surface area contributed by atoms with E-state index in [2.05, 4.69) is 36.5 Å². The van der Waals surface area contributed by atoms with Gasteiger partial charge in [0, 0.05) is 22.1 Å². The number of rotatable bonds is 5. The van der Waals surface area contributed by atoms with Gasteiger partial charge >= 0.3 is 0 Å². The molecular weight excluding hydrogens is 407 g/mol. The highest BCUT2D eigenvalue weighted by molar-refractivity contribution is 9.10. The lowest BCUT2D eigenvalue weighted by molar-refractivity contribution is 0.627. The van der Waals surface area contributed by atoms with Crippen LogP contribution in [0.5, 0.6) is 0 Å². The van der Waals surface area contributed by atoms with Gasteiger partial charge in [0.25, 0.3) is 0 Å². The minimum atomic E-state index is -0.243. The Morgan fingerprint density at radius 2 is 1.59 bits per heavy atom. The van der Waals surface area contributed by atoms with Gasteiger partial charge in [0.05, 0.1) is 5.52 Å². The number of fused-ring (bicyclic) bond motifs is 1. The van der Waals surface area contributed by atoms with E-state index in [1.54, 1.807) is 12.1 Å². The van der Waals surface area contributed by atoms with Crippen LogP contribution in [-0.4, -0.2) is 9.97 Å². The SMILES string of the molecule is Fc1ccc(CNc2nc(Nc3ccc(Br)cc3)nc3ccccc23)cc1. The van der Waals surface area contributed by atoms with Gasteiger partial charge in [0.15, 0.2) is 0 Å². The van der Waals surface area contributed by atoms with Gasteiger partial charge in [-0.15, -0.1) is 0 Å². The van der Waals surface area contributed by atoms with Gasteiger partial charge < -0.3 is 10.6 Å². The molecule has 0 atom stereocenters. The van der Waals surface area contributed by atoms with Gasteiger partial charge in [-0.3, -0.25) is 0 Å². The summed E-state index contributed by atoms with van der Waals surface area (Å²) in [5.41, 5.74) is 2.72. The number of hydrogen-bond acceptors (Lipinski definition) is 4. The van der Waals surface area contributed by atoms with Crippen LogP contribution in [0.4, 0.5) is 21.8 Å². The Morgan fingerprint density at radius 3 is 2.37 bits per heavy atom. The molecule has 0 saturated carbocycles. The molecule has 4 rings (SSSR count). The van der Waals surface area contributed by atoms with Crippen LogP contribution in [0.25, 0.3) is 10.9 Å². The zero-order chi connectivity index (χ0) is 18.6. The molecule has 0 spiro atoms. The minimum absolute atomic E-state index is 0.243. The van der Waals surface area contributed by atoms with E-state index in [0.29, 0.717) is 12.5 Å². The Morgan fingerprint density at radius 1 is 0.852 bits per heavy atom. The molecule has 0 amide bonds. The Balaban J connectivity index is 1.63. The minimum Gasteiger partial charge on any atom is -0.365 e. The third-order valence-corrected chi connectivity index (χ3v) is 4.61. The summed E-state index contributed by atoms with van der Waals surface area (Å²) in [4.78, 5) is 9.23. The van der Waals surface area contributed by atoms with Gasteiger partial charge in [-0.1, -0.05) is 40.2 Å². The summed E-state index contributed by atoms with van der Waals surface area (Å²) in [5.74, 6) is 0.995. The van der Waals surface area contributed by atoms with Crippen LogP contribution in [0, 0.1) is 5.82 Å². The fraction of sp³-hybridized carbons (Fsp3) is 0.0476. The van der Waals surface area contributed by atoms with Crippen molar-refractivity contribution >= 4 is 44.3 Å². The topological polar surface area (TPSA) is 49.8 Å². The highest BCUT2D eigenvalue weighted by Crippen LogP contribution is 2.24. The van der Waals surface area contributed by atoms with E-state index in [1.165, 1.54) is 12.1 Å². The first kappa shape index (κ1) is 17.4. The normalized spacial score (nSPS) is 10.7. The summed E-state index contributed by atoms with van der Waals surface area (Å²) in [5, 5.41) is 7.51. The predicted molar refractivity (Wildman–Crippen MR) is 111 cm³/mol. The first-order chi connectivity index (χ1) is 13.2. The molecule has 0 unspecified atom stereocenters. The van der Waals surface area contributed by atoms with Gasteiger partial charge in [0.2, 0.25) is 5.95 Å². The number of hydrogen-bond donors (Lipinski definition) is 2. The fourth-order valence-corrected chi connectivity index (χ4v) is 2.98. The van der Waals surface area contributed by atoms with Crippen LogP contribution in [0.2, 0.25) is 0 Å². The van der Waals surface area contributed by atoms with Crippen molar-refractivity contribution in [2.75, 3.05) is 10.6 Å². The second-order valence-corrected chi connectivity index (χ2v) is 6.94. The first-order valence-electron chi connectivity index (χ1n) is 8.45. The maximum atomic E-state index is 13.1. The smallest absolute Gasteiger partial charge is 0.229 e. The summed E-state index contributed by atoms with van der Waals surface area (Å²) >= 11 is 3.43. The predicted octanol–water partition coefficient (Wildman–Crippen LogP) is 5.89. The highest BCUT2D eigenvalue weighted by atomic mass is 79.9. The zero-order valence-corrected chi connectivity index (χ0v) is 15.9. The molecule has 27 heavy (non-hydrogen) atoms. The first-order valence-corrected chi connectivity index (χ1v) is 9.24. The summed E-state index contributed by atoms with van der Waals surface area (Å²) in [7, 11) is 0. The second-order valence-electron chi connectivity index (χ2n) is 6.02. The molecule has 0 bridgehead atoms. The molecule has 1 heterocycles. The Labute approximate surface area is 164 Å². The maximum Gasteiger partial charge on any atom is 0.229 e. The van der Waals surface area contributed by atoms with Crippen molar-refractivity contribution in [3.63, 3.8) is 0 Å². The summed E-state index contributed by atoms with van der Waals surface area (Å²) in [6, 6.07) is 22.1. The highest BCUT2D eigenvalue weighted by Gasteiger charge is 2.08. The molecule has 0 aliphatic rings. The van der Waals surface area contributed by atoms with E-state index in [9.17, 15) is 4.39 Å². The van der Waals surface area contributed by atoms with E-state index in [1.807, 2.05) is 48.5 Å². The average Bonchev–Trinajstić information content (AvgIpc) is 2.69. The van der Waals surface area contributed by atoms with Crippen LogP contribution in [0.15, 0.2) is 77.3 Å². The molecule has 0 aliphatic heterocycles. The number of para-hydroxylation sites is 1. The molecule has 4 nitrogen and oxygen atoms in total. The van der Waals surface area contributed by atoms with E-state index in [-0.39, 0.29) is 5.82 Å². The standard InChI is InChI=1S/C21H16BrFN4/c22-15-7-11-17(12-8-15)25-21-26-19-4-2-1-3-18(19)20(27-21)24-13-14-5-9-16(23)10-6-14/h1-12H,13H2,(H2,24,25,26,27). The molecule has 2 N–H and O–H groups in total. The van der Waals surface area contributed by atoms with Crippen molar-refractivity contribution in [1.82, 2.24) is 9.97 Å². The quantitative estimate of drug-likeness (QED) is 0.421. The third-order valence-electron chi connectivity index (χ3n) is 4.08. The molecule has 4 aromatic rings. The maximum absolute atomic E-state index is 13.1. The molecule has 1 aromatic heterocycles. The molecule has 0 saturated heterocycles. The zero-order valence-electron chi connectivity index (χ0n) is 14.3. The Kier molecular flexibility index (Phi) is 4.98. The molecule has 3 aromatic carbocycles. The van der Waals surface area contributed by atoms with Crippen molar-refractivity contribution in [2.45, 2.75) is 6.54 Å². The van der Waals surface area contributed by atoms with Crippen molar-refractivity contribution in [2.24, 2.45) is 0 Å². The Hall–Kier alpha value is -2.99. The van der Waals surface area contributed by atoms with Gasteiger partial charge in [0.1, 0.15) is 11.6 Å². The van der Waals surface area contributed by atoms with Crippen molar-refractivity contribution < 1.29 is 4.39 Å². The van der Waals surface area contributed by atoms with Crippen molar-refractivity contribution in [1.29, 1.82) is 0 Å². The lowest BCUT2D eigenvalue weighted by Gasteiger charge is -2.12. The van der Waals surface area contributed by atoms with Gasteiger partial charge in [-0.25, -0.2) is 9.37 Å². The van der Waals surface area contributed by atoms with E-state index in [4.69, 9.17) is 0 Å². The lowest BCUT2D eigenvalue weighted by Crippen LogP contribution is -2.05. The van der Waals surface area contributed by atoms with Crippen LogP contribution < -0.4 is 10.6 Å². The Bertz CT molecular complexity index is 1070. The van der Waals surface area contributed by atoms with E-state index in [0.717, 1.165) is 32.4 Å². The second kappa shape index (κ2) is 7.72. The van der Waals surface area contributed by atoms with Crippen molar-refractivity contribution in [3.8, 4) is 0 Å². The van der Waals surface area contributed by atoms with Crippen LogP contribution in [0.1, 0.15) is 5.56 Å². The largest absolute Gasteiger partial charge is 0.365 e. The third kappa shape index (κ3) is 4.23. The number of benzene rings is 3. The molecule has 0 fully saturated rings. The van der Waals surface area contributed by atoms with Gasteiger partial charge in [-0.05, 0) is 54.1 Å². The van der Waals surface area contributed by atoms with E-state index >= 15 is 0 Å². The summed E-state index contributed by atoms with van der Waals surface area (Å²) in [6.45, 7) is 0.541. The van der Waals surface area contributed by atoms with Crippen LogP contribution in [0.3, 0.4) is 0 Å².